The van der Waals surface area contributed by atoms with Gasteiger partial charge < -0.3 is 24.0 Å². The van der Waals surface area contributed by atoms with Gasteiger partial charge in [-0.25, -0.2) is 22.5 Å². The molecule has 2 aromatic heterocycles. The molecule has 2 amide bonds. The van der Waals surface area contributed by atoms with Gasteiger partial charge in [-0.15, -0.1) is 3.89 Å². The number of hydrogen-bond donors (Lipinski definition) is 0. The molecule has 0 bridgehead atoms. The van der Waals surface area contributed by atoms with Crippen LogP contribution in [0.15, 0.2) is 24.5 Å². The average Bonchev–Trinajstić information content (AvgIpc) is 3.34. The van der Waals surface area contributed by atoms with Crippen LogP contribution in [0.5, 0.6) is 11.5 Å². The minimum Gasteiger partial charge on any atom is -0.493 e. The van der Waals surface area contributed by atoms with Crippen LogP contribution < -0.4 is 14.4 Å². The van der Waals surface area contributed by atoms with E-state index in [0.29, 0.717) is 22.2 Å². The largest absolute Gasteiger partial charge is 0.493 e. The summed E-state index contributed by atoms with van der Waals surface area (Å²) in [6.45, 7) is 5.41. The second-order valence-electron chi connectivity index (χ2n) is 10.8. The Balaban J connectivity index is 1.66. The van der Waals surface area contributed by atoms with E-state index in [1.54, 1.807) is 26.8 Å². The molecular weight excluding hydrogens is 549 g/mol. The van der Waals surface area contributed by atoms with Crippen LogP contribution in [-0.4, -0.2) is 58.8 Å². The minimum absolute atomic E-state index is 0.0270. The van der Waals surface area contributed by atoms with E-state index in [0.717, 1.165) is 11.0 Å². The molecule has 1 fully saturated rings. The maximum Gasteiger partial charge on any atom is 0.410 e. The number of rotatable bonds is 4. The number of likely N-dealkylation sites (tertiary alicyclic amines) is 1. The fraction of sp³-hybridized carbons (Fsp3) is 0.444. The fourth-order valence-corrected chi connectivity index (χ4v) is 5.92. The number of carbonyl (C=O) groups excluding carboxylic acids is 2. The molecule has 0 atom stereocenters. The molecule has 3 aromatic rings. The number of amides is 2. The number of halogens is 3. The molecule has 1 aromatic carbocycles. The van der Waals surface area contributed by atoms with Gasteiger partial charge in [0.05, 0.1) is 26.2 Å². The van der Waals surface area contributed by atoms with Crippen molar-refractivity contribution in [3.05, 3.63) is 47.3 Å². The van der Waals surface area contributed by atoms with Gasteiger partial charge in [0.2, 0.25) is 5.91 Å². The number of carbonyl (C=O) groups is 2. The van der Waals surface area contributed by atoms with Crippen molar-refractivity contribution in [3.63, 3.8) is 0 Å². The van der Waals surface area contributed by atoms with E-state index in [9.17, 15) is 13.5 Å². The van der Waals surface area contributed by atoms with Crippen molar-refractivity contribution in [2.75, 3.05) is 32.2 Å². The first-order valence-corrected chi connectivity index (χ1v) is 13.3. The van der Waals surface area contributed by atoms with E-state index in [2.05, 4.69) is 4.98 Å². The summed E-state index contributed by atoms with van der Waals surface area (Å²) >= 11 is -0.0270. The van der Waals surface area contributed by atoms with Gasteiger partial charge in [-0.2, -0.15) is 0 Å². The summed E-state index contributed by atoms with van der Waals surface area (Å²) in [5.74, 6) is -3.22. The summed E-state index contributed by atoms with van der Waals surface area (Å²) in [5.41, 5.74) is -1.09. The number of nitrogens with zero attached hydrogens (tertiary/aromatic N) is 4. The van der Waals surface area contributed by atoms with E-state index < -0.39 is 40.3 Å². The number of ether oxygens (including phenoxy) is 3. The van der Waals surface area contributed by atoms with Crippen LogP contribution >= 0.6 is 12.3 Å². The predicted octanol–water partition coefficient (Wildman–Crippen LogP) is 5.53. The second-order valence-corrected chi connectivity index (χ2v) is 11.3. The third-order valence-corrected chi connectivity index (χ3v) is 7.83. The Morgan fingerprint density at radius 3 is 2.27 bits per heavy atom. The Hall–Kier alpha value is -3.61. The molecule has 0 saturated carbocycles. The normalized spacial score (nSPS) is 16.9. The van der Waals surface area contributed by atoms with Gasteiger partial charge in [-0.3, -0.25) is 4.79 Å². The molecule has 40 heavy (non-hydrogen) atoms. The van der Waals surface area contributed by atoms with Crippen molar-refractivity contribution in [2.45, 2.75) is 51.2 Å². The summed E-state index contributed by atoms with van der Waals surface area (Å²) < 4.78 is 61.8. The molecular formula is C27H29F3N4O5S. The molecule has 1 spiro atoms. The maximum absolute atomic E-state index is 15.6. The summed E-state index contributed by atoms with van der Waals surface area (Å²) in [4.78, 5) is 34.2. The lowest BCUT2D eigenvalue weighted by Crippen LogP contribution is -2.57. The van der Waals surface area contributed by atoms with Crippen molar-refractivity contribution < 1.29 is 36.5 Å². The highest BCUT2D eigenvalue weighted by Crippen LogP contribution is 2.49. The Morgan fingerprint density at radius 2 is 1.73 bits per heavy atom. The molecule has 0 radical (unpaired) electrons. The summed E-state index contributed by atoms with van der Waals surface area (Å²) in [6.07, 6.45) is 2.78. The number of hydrogen-bond acceptors (Lipinski definition) is 7. The molecule has 13 heteroatoms. The first kappa shape index (κ1) is 27.9. The first-order valence-electron chi connectivity index (χ1n) is 12.6. The van der Waals surface area contributed by atoms with Crippen molar-refractivity contribution in [1.82, 2.24) is 13.9 Å². The number of benzene rings is 1. The summed E-state index contributed by atoms with van der Waals surface area (Å²) in [6, 6.07) is 2.75. The number of anilines is 1. The lowest BCUT2D eigenvalue weighted by atomic mass is 9.67. The molecule has 214 valence electrons. The van der Waals surface area contributed by atoms with Crippen LogP contribution in [0.2, 0.25) is 0 Å². The van der Waals surface area contributed by atoms with Crippen LogP contribution in [0.1, 0.15) is 44.7 Å². The van der Waals surface area contributed by atoms with Crippen LogP contribution in [0, 0.1) is 11.6 Å². The highest BCUT2D eigenvalue weighted by Gasteiger charge is 2.52. The summed E-state index contributed by atoms with van der Waals surface area (Å²) in [5, 5.41) is 0.561. The molecule has 4 heterocycles. The monoisotopic (exact) mass is 578 g/mol. The van der Waals surface area contributed by atoms with Crippen molar-refractivity contribution in [1.29, 1.82) is 0 Å². The Bertz CT molecular complexity index is 1470. The fourth-order valence-electron chi connectivity index (χ4n) is 5.60. The SMILES string of the molecule is COc1cc(OC)c(F)c(N2Cc3cnc4c(ccn4SF)c3C3(CCN(C(=O)OC(C)(C)C)CC3)C2=O)c1F. The topological polar surface area (TPSA) is 86.1 Å². The lowest BCUT2D eigenvalue weighted by Gasteiger charge is -2.47. The van der Waals surface area contributed by atoms with E-state index >= 15 is 8.78 Å². The zero-order valence-corrected chi connectivity index (χ0v) is 23.5. The Kier molecular flexibility index (Phi) is 7.05. The lowest BCUT2D eigenvalue weighted by molar-refractivity contribution is -0.126. The Morgan fingerprint density at radius 1 is 1.10 bits per heavy atom. The smallest absolute Gasteiger partial charge is 0.410 e. The van der Waals surface area contributed by atoms with Gasteiger partial charge in [0.25, 0.3) is 0 Å². The number of aromatic nitrogens is 2. The highest BCUT2D eigenvalue weighted by molar-refractivity contribution is 7.92. The molecule has 0 N–H and O–H groups in total. The van der Waals surface area contributed by atoms with Crippen molar-refractivity contribution in [3.8, 4) is 11.5 Å². The number of methoxy groups -OCH3 is 2. The molecule has 1 saturated heterocycles. The molecule has 2 aliphatic heterocycles. The quantitative estimate of drug-likeness (QED) is 0.403. The predicted molar refractivity (Wildman–Crippen MR) is 143 cm³/mol. The molecule has 0 unspecified atom stereocenters. The Labute approximate surface area is 233 Å². The van der Waals surface area contributed by atoms with Gasteiger partial charge in [0.15, 0.2) is 41.1 Å². The zero-order valence-electron chi connectivity index (χ0n) is 22.7. The number of pyridine rings is 1. The molecule has 2 aliphatic rings. The van der Waals surface area contributed by atoms with E-state index in [4.69, 9.17) is 14.2 Å². The highest BCUT2D eigenvalue weighted by atomic mass is 32.2. The average molecular weight is 579 g/mol. The van der Waals surface area contributed by atoms with E-state index in [1.165, 1.54) is 35.5 Å². The van der Waals surface area contributed by atoms with Crippen LogP contribution in [0.3, 0.4) is 0 Å². The second kappa shape index (κ2) is 10.1. The van der Waals surface area contributed by atoms with Crippen LogP contribution in [0.25, 0.3) is 11.0 Å². The van der Waals surface area contributed by atoms with Gasteiger partial charge in [0.1, 0.15) is 11.3 Å². The first-order chi connectivity index (χ1) is 19.0. The minimum atomic E-state index is -1.28. The van der Waals surface area contributed by atoms with Crippen molar-refractivity contribution in [2.24, 2.45) is 0 Å². The van der Waals surface area contributed by atoms with Crippen molar-refractivity contribution >= 4 is 41.1 Å². The third kappa shape index (κ3) is 4.40. The van der Waals surface area contributed by atoms with E-state index in [-0.39, 0.29) is 56.3 Å². The van der Waals surface area contributed by atoms with Crippen LogP contribution in [-0.2, 0) is 21.5 Å². The van der Waals surface area contributed by atoms with Gasteiger partial charge >= 0.3 is 6.09 Å². The molecule has 0 aliphatic carbocycles. The molecule has 5 rings (SSSR count). The van der Waals surface area contributed by atoms with Crippen LogP contribution in [0.4, 0.5) is 23.1 Å². The van der Waals surface area contributed by atoms with Gasteiger partial charge in [-0.1, -0.05) is 0 Å². The number of fused-ring (bicyclic) bond motifs is 4. The van der Waals surface area contributed by atoms with Gasteiger partial charge in [0, 0.05) is 36.9 Å². The molecule has 9 nitrogen and oxygen atoms in total. The van der Waals surface area contributed by atoms with Gasteiger partial charge in [-0.05, 0) is 50.8 Å². The summed E-state index contributed by atoms with van der Waals surface area (Å²) in [7, 11) is 2.46. The third-order valence-electron chi connectivity index (χ3n) is 7.38. The standard InChI is InChI=1S/C27H29F3N4O5S/c1-26(2,3)39-25(36)32-10-7-27(8-11-32)19-15(13-31-23-16(19)6-9-34(23)40-30)14-33(24(27)35)22-20(28)17(37-4)12-18(38-5)21(22)29/h6,9,12-13H,7-8,10-11,14H2,1-5H3. The number of piperidine rings is 1. The van der Waals surface area contributed by atoms with E-state index in [1.807, 2.05) is 0 Å². The maximum atomic E-state index is 15.6. The zero-order chi connectivity index (χ0) is 29.0.